The Hall–Kier alpha value is -2.22. The number of ether oxygens (including phenoxy) is 2. The van der Waals surface area contributed by atoms with Gasteiger partial charge in [0.15, 0.2) is 11.9 Å². The minimum atomic E-state index is -0.360. The van der Waals surface area contributed by atoms with E-state index in [0.29, 0.717) is 23.0 Å². The first-order valence-corrected chi connectivity index (χ1v) is 7.76. The Bertz CT molecular complexity index is 848. The van der Waals surface area contributed by atoms with Crippen LogP contribution >= 0.6 is 11.6 Å². The molecule has 0 saturated heterocycles. The van der Waals surface area contributed by atoms with Crippen molar-refractivity contribution in [3.8, 4) is 5.69 Å². The first kappa shape index (κ1) is 16.6. The summed E-state index contributed by atoms with van der Waals surface area (Å²) in [6.07, 6.45) is 2.86. The fourth-order valence-electron chi connectivity index (χ4n) is 2.33. The van der Waals surface area contributed by atoms with Gasteiger partial charge in [-0.2, -0.15) is 5.10 Å². The predicted octanol–water partition coefficient (Wildman–Crippen LogP) is 2.81. The first-order valence-electron chi connectivity index (χ1n) is 7.38. The van der Waals surface area contributed by atoms with E-state index in [1.54, 1.807) is 25.1 Å². The van der Waals surface area contributed by atoms with E-state index in [4.69, 9.17) is 21.1 Å². The van der Waals surface area contributed by atoms with Crippen LogP contribution in [0.2, 0.25) is 5.02 Å². The number of fused-ring (bicyclic) bond motifs is 1. The van der Waals surface area contributed by atoms with Crippen molar-refractivity contribution in [2.45, 2.75) is 13.2 Å². The lowest BCUT2D eigenvalue weighted by atomic mass is 10.2. The van der Waals surface area contributed by atoms with E-state index in [0.717, 1.165) is 16.6 Å². The lowest BCUT2D eigenvalue weighted by Crippen LogP contribution is -2.24. The average Bonchev–Trinajstić information content (AvgIpc) is 3.03. The summed E-state index contributed by atoms with van der Waals surface area (Å²) in [6, 6.07) is 5.77. The smallest absolute Gasteiger partial charge is 0.173 e. The van der Waals surface area contributed by atoms with E-state index in [-0.39, 0.29) is 6.29 Å². The molecule has 1 N–H and O–H groups in total. The second-order valence-corrected chi connectivity index (χ2v) is 5.64. The van der Waals surface area contributed by atoms with E-state index in [1.165, 1.54) is 6.33 Å². The summed E-state index contributed by atoms with van der Waals surface area (Å²) in [5, 5.41) is 9.10. The van der Waals surface area contributed by atoms with E-state index < -0.39 is 0 Å². The van der Waals surface area contributed by atoms with Gasteiger partial charge in [-0.15, -0.1) is 0 Å². The van der Waals surface area contributed by atoms with Crippen molar-refractivity contribution in [2.75, 3.05) is 26.1 Å². The fourth-order valence-corrected chi connectivity index (χ4v) is 2.51. The molecular weight excluding hydrogens is 330 g/mol. The number of methoxy groups -OCH3 is 2. The third-order valence-corrected chi connectivity index (χ3v) is 4.13. The molecule has 0 aliphatic carbocycles. The highest BCUT2D eigenvalue weighted by Crippen LogP contribution is 2.24. The molecule has 0 atom stereocenters. The van der Waals surface area contributed by atoms with Crippen LogP contribution in [0.3, 0.4) is 0 Å². The molecule has 0 fully saturated rings. The number of halogens is 1. The van der Waals surface area contributed by atoms with Gasteiger partial charge in [-0.3, -0.25) is 0 Å². The molecule has 7 nitrogen and oxygen atoms in total. The zero-order valence-corrected chi connectivity index (χ0v) is 14.4. The first-order chi connectivity index (χ1) is 11.6. The van der Waals surface area contributed by atoms with Crippen LogP contribution < -0.4 is 5.32 Å². The second-order valence-electron chi connectivity index (χ2n) is 5.23. The van der Waals surface area contributed by atoms with Crippen LogP contribution in [0, 0.1) is 6.92 Å². The second kappa shape index (κ2) is 7.12. The molecule has 0 aliphatic rings. The maximum atomic E-state index is 6.22. The minimum absolute atomic E-state index is 0.360. The number of nitrogens with zero attached hydrogens (tertiary/aromatic N) is 4. The Labute approximate surface area is 144 Å². The molecule has 1 aromatic carbocycles. The maximum Gasteiger partial charge on any atom is 0.173 e. The summed E-state index contributed by atoms with van der Waals surface area (Å²) in [7, 11) is 3.18. The van der Waals surface area contributed by atoms with Crippen LogP contribution in [0.25, 0.3) is 16.7 Å². The summed E-state index contributed by atoms with van der Waals surface area (Å²) in [6.45, 7) is 2.42. The van der Waals surface area contributed by atoms with Crippen LogP contribution in [0.15, 0.2) is 30.7 Å². The summed E-state index contributed by atoms with van der Waals surface area (Å²) >= 11 is 6.22. The normalized spacial score (nSPS) is 11.4. The molecule has 0 amide bonds. The molecule has 24 heavy (non-hydrogen) atoms. The quantitative estimate of drug-likeness (QED) is 0.691. The number of aromatic nitrogens is 4. The predicted molar refractivity (Wildman–Crippen MR) is 92.7 cm³/mol. The molecule has 2 aromatic heterocycles. The van der Waals surface area contributed by atoms with Crippen LogP contribution in [0.4, 0.5) is 5.82 Å². The zero-order chi connectivity index (χ0) is 17.1. The van der Waals surface area contributed by atoms with Crippen molar-refractivity contribution < 1.29 is 9.47 Å². The number of benzene rings is 1. The van der Waals surface area contributed by atoms with Crippen LogP contribution in [0.5, 0.6) is 0 Å². The highest BCUT2D eigenvalue weighted by molar-refractivity contribution is 6.31. The van der Waals surface area contributed by atoms with E-state index in [9.17, 15) is 0 Å². The molecule has 126 valence electrons. The molecule has 0 bridgehead atoms. The van der Waals surface area contributed by atoms with Crippen LogP contribution in [-0.4, -0.2) is 46.8 Å². The summed E-state index contributed by atoms with van der Waals surface area (Å²) in [5.74, 6) is 0.670. The minimum Gasteiger partial charge on any atom is -0.364 e. The number of hydrogen-bond donors (Lipinski definition) is 1. The third-order valence-electron chi connectivity index (χ3n) is 3.73. The zero-order valence-electron chi connectivity index (χ0n) is 13.7. The lowest BCUT2D eigenvalue weighted by Gasteiger charge is -2.14. The molecule has 0 radical (unpaired) electrons. The molecule has 3 rings (SSSR count). The Balaban J connectivity index is 1.95. The van der Waals surface area contributed by atoms with Crippen molar-refractivity contribution in [3.63, 3.8) is 0 Å². The van der Waals surface area contributed by atoms with Gasteiger partial charge in [0.25, 0.3) is 0 Å². The van der Waals surface area contributed by atoms with Crippen molar-refractivity contribution in [1.29, 1.82) is 0 Å². The van der Waals surface area contributed by atoms with Gasteiger partial charge in [-0.1, -0.05) is 17.7 Å². The fraction of sp³-hybridized carbons (Fsp3) is 0.312. The molecular formula is C16H18ClN5O2. The maximum absolute atomic E-state index is 6.22. The lowest BCUT2D eigenvalue weighted by molar-refractivity contribution is -0.0914. The van der Waals surface area contributed by atoms with Gasteiger partial charge < -0.3 is 14.8 Å². The van der Waals surface area contributed by atoms with E-state index in [1.807, 2.05) is 25.1 Å². The largest absolute Gasteiger partial charge is 0.364 e. The molecule has 0 saturated carbocycles. The standard InChI is InChI=1S/C16H18ClN5O2/c1-10-4-5-11(6-13(10)17)22-16-12(7-21-22)15(19-9-20-16)18-8-14(23-2)24-3/h4-7,9,14H,8H2,1-3H3,(H,18,19,20). The Morgan fingerprint density at radius 3 is 2.75 bits per heavy atom. The molecule has 0 aliphatic heterocycles. The van der Waals surface area contributed by atoms with Crippen LogP contribution in [0.1, 0.15) is 5.56 Å². The molecule has 0 unspecified atom stereocenters. The Morgan fingerprint density at radius 1 is 1.25 bits per heavy atom. The molecule has 3 aromatic rings. The van der Waals surface area contributed by atoms with Crippen LogP contribution in [-0.2, 0) is 9.47 Å². The summed E-state index contributed by atoms with van der Waals surface area (Å²) in [5.41, 5.74) is 2.55. The van der Waals surface area contributed by atoms with Gasteiger partial charge in [0.05, 0.1) is 23.8 Å². The SMILES string of the molecule is COC(CNc1ncnc2c1cnn2-c1ccc(C)c(Cl)c1)OC. The highest BCUT2D eigenvalue weighted by Gasteiger charge is 2.13. The number of nitrogens with one attached hydrogen (secondary N) is 1. The number of rotatable bonds is 6. The monoisotopic (exact) mass is 347 g/mol. The van der Waals surface area contributed by atoms with Gasteiger partial charge in [0.2, 0.25) is 0 Å². The molecule has 8 heteroatoms. The highest BCUT2D eigenvalue weighted by atomic mass is 35.5. The van der Waals surface area contributed by atoms with E-state index >= 15 is 0 Å². The number of aryl methyl sites for hydroxylation is 1. The van der Waals surface area contributed by atoms with E-state index in [2.05, 4.69) is 20.4 Å². The number of hydrogen-bond acceptors (Lipinski definition) is 6. The average molecular weight is 348 g/mol. The summed E-state index contributed by atoms with van der Waals surface area (Å²) in [4.78, 5) is 8.61. The van der Waals surface area contributed by atoms with Gasteiger partial charge in [-0.05, 0) is 24.6 Å². The topological polar surface area (TPSA) is 74.1 Å². The van der Waals surface area contributed by atoms with Gasteiger partial charge in [-0.25, -0.2) is 14.6 Å². The van der Waals surface area contributed by atoms with Crippen molar-refractivity contribution in [1.82, 2.24) is 19.7 Å². The Kier molecular flexibility index (Phi) is 4.94. The summed E-state index contributed by atoms with van der Waals surface area (Å²) < 4.78 is 12.1. The van der Waals surface area contributed by atoms with Gasteiger partial charge in [0.1, 0.15) is 12.1 Å². The van der Waals surface area contributed by atoms with Gasteiger partial charge >= 0.3 is 0 Å². The number of anilines is 1. The van der Waals surface area contributed by atoms with Crippen molar-refractivity contribution in [2.24, 2.45) is 0 Å². The Morgan fingerprint density at radius 2 is 2.04 bits per heavy atom. The molecule has 0 spiro atoms. The molecule has 2 heterocycles. The third kappa shape index (κ3) is 3.19. The van der Waals surface area contributed by atoms with Crippen molar-refractivity contribution >= 4 is 28.5 Å². The van der Waals surface area contributed by atoms with Crippen molar-refractivity contribution in [3.05, 3.63) is 41.3 Å². The van der Waals surface area contributed by atoms with Gasteiger partial charge in [0, 0.05) is 19.2 Å².